The minimum atomic E-state index is -0.326. The van der Waals surface area contributed by atoms with Crippen LogP contribution in [0.5, 0.6) is 0 Å². The van der Waals surface area contributed by atoms with Crippen molar-refractivity contribution in [3.8, 4) is 16.9 Å². The summed E-state index contributed by atoms with van der Waals surface area (Å²) in [6.45, 7) is 2.00. The number of H-pyrrole nitrogens is 1. The van der Waals surface area contributed by atoms with Gasteiger partial charge >= 0.3 is 5.69 Å². The molecule has 4 nitrogen and oxygen atoms in total. The lowest BCUT2D eigenvalue weighted by Crippen LogP contribution is -2.16. The number of halogens is 1. The average molecular weight is 398 g/mol. The maximum absolute atomic E-state index is 13.0. The topological polar surface area (TPSA) is 54.9 Å². The van der Waals surface area contributed by atoms with E-state index in [0.29, 0.717) is 16.9 Å². The van der Waals surface area contributed by atoms with Crippen LogP contribution in [0.15, 0.2) is 89.9 Å². The van der Waals surface area contributed by atoms with Crippen LogP contribution in [0.3, 0.4) is 0 Å². The second kappa shape index (κ2) is 8.17. The lowest BCUT2D eigenvalue weighted by atomic mass is 10.1. The molecular formula is C25H19FN2O2. The Morgan fingerprint density at radius 3 is 2.47 bits per heavy atom. The monoisotopic (exact) mass is 398 g/mol. The number of ketones is 1. The maximum atomic E-state index is 13.0. The van der Waals surface area contributed by atoms with Crippen LogP contribution in [-0.2, 0) is 0 Å². The van der Waals surface area contributed by atoms with Crippen LogP contribution in [0, 0.1) is 12.7 Å². The number of allylic oxidation sites excluding steroid dienone is 1. The molecule has 1 heterocycles. The molecule has 148 valence electrons. The molecule has 0 amide bonds. The van der Waals surface area contributed by atoms with E-state index >= 15 is 0 Å². The van der Waals surface area contributed by atoms with Crippen molar-refractivity contribution in [3.63, 3.8) is 0 Å². The highest BCUT2D eigenvalue weighted by molar-refractivity contribution is 6.07. The number of aryl methyl sites for hydroxylation is 1. The molecular weight excluding hydrogens is 379 g/mol. The fourth-order valence-electron chi connectivity index (χ4n) is 3.20. The van der Waals surface area contributed by atoms with E-state index in [1.54, 1.807) is 53.2 Å². The van der Waals surface area contributed by atoms with Crippen LogP contribution in [0.25, 0.3) is 23.0 Å². The van der Waals surface area contributed by atoms with Gasteiger partial charge in [0.2, 0.25) is 0 Å². The van der Waals surface area contributed by atoms with E-state index in [1.165, 1.54) is 18.2 Å². The molecule has 0 spiro atoms. The van der Waals surface area contributed by atoms with E-state index in [2.05, 4.69) is 4.98 Å². The first kappa shape index (κ1) is 19.3. The Balaban J connectivity index is 1.66. The minimum Gasteiger partial charge on any atom is -0.312 e. The molecule has 0 unspecified atom stereocenters. The van der Waals surface area contributed by atoms with Gasteiger partial charge < -0.3 is 4.98 Å². The lowest BCUT2D eigenvalue weighted by Gasteiger charge is -2.09. The van der Waals surface area contributed by atoms with Gasteiger partial charge in [0.1, 0.15) is 5.82 Å². The van der Waals surface area contributed by atoms with Crippen LogP contribution >= 0.6 is 0 Å². The number of rotatable bonds is 5. The van der Waals surface area contributed by atoms with E-state index in [-0.39, 0.29) is 17.3 Å². The number of carbonyl (C=O) groups is 1. The summed E-state index contributed by atoms with van der Waals surface area (Å²) in [4.78, 5) is 27.8. The first-order valence-corrected chi connectivity index (χ1v) is 9.47. The van der Waals surface area contributed by atoms with Gasteiger partial charge in [-0.2, -0.15) is 0 Å². The molecule has 0 bridgehead atoms. The van der Waals surface area contributed by atoms with Crippen LogP contribution in [0.1, 0.15) is 21.5 Å². The molecule has 1 N–H and O–H groups in total. The molecule has 30 heavy (non-hydrogen) atoms. The molecule has 4 rings (SSSR count). The van der Waals surface area contributed by atoms with Crippen molar-refractivity contribution in [1.29, 1.82) is 0 Å². The van der Waals surface area contributed by atoms with E-state index in [9.17, 15) is 14.0 Å². The van der Waals surface area contributed by atoms with Crippen molar-refractivity contribution in [2.45, 2.75) is 6.92 Å². The van der Waals surface area contributed by atoms with Gasteiger partial charge in [0.05, 0.1) is 11.4 Å². The number of imidazole rings is 1. The quantitative estimate of drug-likeness (QED) is 0.372. The Kier molecular flexibility index (Phi) is 5.26. The zero-order chi connectivity index (χ0) is 21.1. The molecule has 0 aliphatic carbocycles. The largest absolute Gasteiger partial charge is 0.330 e. The Morgan fingerprint density at radius 2 is 1.73 bits per heavy atom. The highest BCUT2D eigenvalue weighted by Gasteiger charge is 2.12. The number of hydrogen-bond donors (Lipinski definition) is 1. The summed E-state index contributed by atoms with van der Waals surface area (Å²) in [6, 6.07) is 20.7. The van der Waals surface area contributed by atoms with Gasteiger partial charge in [-0.05, 0) is 42.8 Å². The second-order valence-corrected chi connectivity index (χ2v) is 6.98. The van der Waals surface area contributed by atoms with Gasteiger partial charge in [-0.1, -0.05) is 60.2 Å². The molecule has 1 aromatic heterocycles. The molecule has 0 saturated carbocycles. The number of hydrogen-bond acceptors (Lipinski definition) is 2. The van der Waals surface area contributed by atoms with E-state index in [0.717, 1.165) is 16.7 Å². The van der Waals surface area contributed by atoms with Crippen LogP contribution < -0.4 is 5.69 Å². The molecule has 0 radical (unpaired) electrons. The summed E-state index contributed by atoms with van der Waals surface area (Å²) in [5.74, 6) is -0.533. The molecule has 0 aliphatic rings. The number of nitrogens with zero attached hydrogens (tertiary/aromatic N) is 1. The third kappa shape index (κ3) is 4.05. The highest BCUT2D eigenvalue weighted by atomic mass is 19.1. The van der Waals surface area contributed by atoms with Crippen molar-refractivity contribution in [2.24, 2.45) is 0 Å². The predicted molar refractivity (Wildman–Crippen MR) is 116 cm³/mol. The van der Waals surface area contributed by atoms with Gasteiger partial charge in [0.25, 0.3) is 0 Å². The summed E-state index contributed by atoms with van der Waals surface area (Å²) < 4.78 is 14.6. The van der Waals surface area contributed by atoms with Gasteiger partial charge in [-0.15, -0.1) is 0 Å². The van der Waals surface area contributed by atoms with Crippen LogP contribution in [0.2, 0.25) is 0 Å². The summed E-state index contributed by atoms with van der Waals surface area (Å²) in [5.41, 5.74) is 4.23. The Morgan fingerprint density at radius 1 is 1.00 bits per heavy atom. The molecule has 5 heteroatoms. The number of carbonyl (C=O) groups excluding carboxylic acids is 1. The smallest absolute Gasteiger partial charge is 0.312 e. The highest BCUT2D eigenvalue weighted by Crippen LogP contribution is 2.22. The third-order valence-electron chi connectivity index (χ3n) is 4.81. The zero-order valence-electron chi connectivity index (χ0n) is 16.3. The summed E-state index contributed by atoms with van der Waals surface area (Å²) in [7, 11) is 0. The Labute approximate surface area is 173 Å². The maximum Gasteiger partial charge on any atom is 0.330 e. The standard InChI is InChI=1S/C25H19FN2O2/c1-17-5-10-19(11-6-17)23-16-27-25(30)28(23)22-4-2-3-20(15-22)24(29)14-9-18-7-12-21(26)13-8-18/h2-16H,1H3,(H,27,30). The zero-order valence-corrected chi connectivity index (χ0v) is 16.3. The molecule has 4 aromatic rings. The average Bonchev–Trinajstić information content (AvgIpc) is 3.15. The van der Waals surface area contributed by atoms with Gasteiger partial charge in [-0.3, -0.25) is 9.36 Å². The van der Waals surface area contributed by atoms with Gasteiger partial charge in [-0.25, -0.2) is 9.18 Å². The summed E-state index contributed by atoms with van der Waals surface area (Å²) in [5, 5.41) is 0. The van der Waals surface area contributed by atoms with Crippen molar-refractivity contribution in [3.05, 3.63) is 118 Å². The minimum absolute atomic E-state index is 0.207. The van der Waals surface area contributed by atoms with E-state index in [1.807, 2.05) is 31.2 Å². The number of nitrogens with one attached hydrogen (secondary N) is 1. The van der Waals surface area contributed by atoms with E-state index < -0.39 is 0 Å². The first-order chi connectivity index (χ1) is 14.5. The van der Waals surface area contributed by atoms with E-state index in [4.69, 9.17) is 0 Å². The SMILES string of the molecule is Cc1ccc(-c2c[nH]c(=O)n2-c2cccc(C(=O)C=Cc3ccc(F)cc3)c2)cc1. The summed E-state index contributed by atoms with van der Waals surface area (Å²) in [6.07, 6.45) is 4.73. The Hall–Kier alpha value is -3.99. The summed E-state index contributed by atoms with van der Waals surface area (Å²) >= 11 is 0. The number of benzene rings is 3. The molecule has 3 aromatic carbocycles. The third-order valence-corrected chi connectivity index (χ3v) is 4.81. The van der Waals surface area contributed by atoms with Crippen molar-refractivity contribution >= 4 is 11.9 Å². The first-order valence-electron chi connectivity index (χ1n) is 9.47. The van der Waals surface area contributed by atoms with Gasteiger partial charge in [0.15, 0.2) is 5.78 Å². The Bertz CT molecular complexity index is 1280. The van der Waals surface area contributed by atoms with Gasteiger partial charge in [0, 0.05) is 17.3 Å². The number of aromatic amines is 1. The van der Waals surface area contributed by atoms with Crippen molar-refractivity contribution in [2.75, 3.05) is 0 Å². The fraction of sp³-hybridized carbons (Fsp3) is 0.0400. The second-order valence-electron chi connectivity index (χ2n) is 6.98. The molecule has 0 aliphatic heterocycles. The van der Waals surface area contributed by atoms with Crippen molar-refractivity contribution < 1.29 is 9.18 Å². The molecule has 0 saturated heterocycles. The van der Waals surface area contributed by atoms with Crippen LogP contribution in [-0.4, -0.2) is 15.3 Å². The predicted octanol–water partition coefficient (Wildman–Crippen LogP) is 5.18. The molecule has 0 fully saturated rings. The van der Waals surface area contributed by atoms with Crippen molar-refractivity contribution in [1.82, 2.24) is 9.55 Å². The van der Waals surface area contributed by atoms with Crippen LogP contribution in [0.4, 0.5) is 4.39 Å². The number of aromatic nitrogens is 2. The fourth-order valence-corrected chi connectivity index (χ4v) is 3.20. The lowest BCUT2D eigenvalue weighted by molar-refractivity contribution is 0.104. The normalized spacial score (nSPS) is 11.1. The molecule has 0 atom stereocenters.